The van der Waals surface area contributed by atoms with E-state index in [2.05, 4.69) is 0 Å². The second-order valence-corrected chi connectivity index (χ2v) is 3.53. The minimum Gasteiger partial charge on any atom is -0.731 e. The van der Waals surface area contributed by atoms with E-state index >= 15 is 0 Å². The van der Waals surface area contributed by atoms with E-state index in [0.29, 0.717) is 0 Å². The van der Waals surface area contributed by atoms with Crippen molar-refractivity contribution in [1.29, 1.82) is 0 Å². The zero-order valence-corrected chi connectivity index (χ0v) is 7.26. The standard InChI is InChI=1S/C7H9NO3S/c1-6-2-4-7(5-3-6)8-12(9,10)11/h2-5,8H,1H3,(H,9,10,11)/p-1. The maximum absolute atomic E-state index is 10.2. The van der Waals surface area contributed by atoms with E-state index in [9.17, 15) is 13.0 Å². The molecular formula is C7H8NO3S-. The summed E-state index contributed by atoms with van der Waals surface area (Å²) < 4.78 is 32.5. The number of hydrogen-bond donors (Lipinski definition) is 1. The lowest BCUT2D eigenvalue weighted by atomic mass is 10.2. The van der Waals surface area contributed by atoms with Crippen LogP contribution in [0, 0.1) is 6.92 Å². The summed E-state index contributed by atoms with van der Waals surface area (Å²) in [6.45, 7) is 1.87. The molecule has 1 rings (SSSR count). The molecule has 1 aromatic rings. The van der Waals surface area contributed by atoms with Gasteiger partial charge < -0.3 is 4.55 Å². The van der Waals surface area contributed by atoms with Crippen LogP contribution in [0.25, 0.3) is 0 Å². The van der Waals surface area contributed by atoms with Gasteiger partial charge in [0, 0.05) is 5.69 Å². The van der Waals surface area contributed by atoms with Crippen molar-refractivity contribution >= 4 is 16.0 Å². The molecule has 0 aliphatic heterocycles. The van der Waals surface area contributed by atoms with Crippen molar-refractivity contribution in [2.45, 2.75) is 6.92 Å². The molecule has 0 bridgehead atoms. The number of benzene rings is 1. The molecule has 66 valence electrons. The van der Waals surface area contributed by atoms with Crippen molar-refractivity contribution in [3.05, 3.63) is 29.8 Å². The minimum atomic E-state index is -4.39. The molecule has 0 aromatic heterocycles. The van der Waals surface area contributed by atoms with E-state index in [4.69, 9.17) is 0 Å². The largest absolute Gasteiger partial charge is 0.731 e. The molecule has 1 N–H and O–H groups in total. The van der Waals surface area contributed by atoms with Gasteiger partial charge in [0.25, 0.3) is 0 Å². The van der Waals surface area contributed by atoms with Crippen molar-refractivity contribution in [1.82, 2.24) is 0 Å². The summed E-state index contributed by atoms with van der Waals surface area (Å²) in [5.41, 5.74) is 1.29. The SMILES string of the molecule is Cc1ccc(NS(=O)(=O)[O-])cc1. The quantitative estimate of drug-likeness (QED) is 0.696. The first-order valence-electron chi connectivity index (χ1n) is 3.28. The molecule has 0 aliphatic rings. The fraction of sp³-hybridized carbons (Fsp3) is 0.143. The van der Waals surface area contributed by atoms with Gasteiger partial charge in [-0.3, -0.25) is 4.72 Å². The van der Waals surface area contributed by atoms with Crippen molar-refractivity contribution in [3.63, 3.8) is 0 Å². The molecule has 0 spiro atoms. The topological polar surface area (TPSA) is 69.2 Å². The smallest absolute Gasteiger partial charge is 0.181 e. The van der Waals surface area contributed by atoms with Crippen molar-refractivity contribution in [2.75, 3.05) is 4.72 Å². The van der Waals surface area contributed by atoms with Gasteiger partial charge in [-0.25, -0.2) is 8.42 Å². The summed E-state index contributed by atoms with van der Waals surface area (Å²) in [6, 6.07) is 6.50. The number of rotatable bonds is 2. The van der Waals surface area contributed by atoms with E-state index in [0.717, 1.165) is 5.56 Å². The highest BCUT2D eigenvalue weighted by Crippen LogP contribution is 2.09. The first kappa shape index (κ1) is 9.02. The Labute approximate surface area is 71.1 Å². The Kier molecular flexibility index (Phi) is 2.35. The van der Waals surface area contributed by atoms with E-state index in [1.165, 1.54) is 12.1 Å². The second-order valence-electron chi connectivity index (χ2n) is 2.42. The lowest BCUT2D eigenvalue weighted by molar-refractivity contribution is 0.469. The van der Waals surface area contributed by atoms with Gasteiger partial charge >= 0.3 is 0 Å². The Morgan fingerprint density at radius 1 is 1.25 bits per heavy atom. The molecule has 1 aromatic carbocycles. The van der Waals surface area contributed by atoms with Crippen LogP contribution < -0.4 is 4.72 Å². The van der Waals surface area contributed by atoms with Crippen LogP contribution in [-0.2, 0) is 10.3 Å². The van der Waals surface area contributed by atoms with E-state index in [1.807, 2.05) is 11.6 Å². The summed E-state index contributed by atoms with van der Waals surface area (Å²) in [6.07, 6.45) is 0. The van der Waals surface area contributed by atoms with Crippen LogP contribution >= 0.6 is 0 Å². The highest BCUT2D eigenvalue weighted by molar-refractivity contribution is 7.87. The molecule has 0 radical (unpaired) electrons. The van der Waals surface area contributed by atoms with Crippen LogP contribution in [0.5, 0.6) is 0 Å². The van der Waals surface area contributed by atoms with Gasteiger partial charge in [0.1, 0.15) is 0 Å². The molecule has 0 amide bonds. The Balaban J connectivity index is 2.85. The number of nitrogens with one attached hydrogen (secondary N) is 1. The van der Waals surface area contributed by atoms with Crippen LogP contribution in [0.3, 0.4) is 0 Å². The predicted molar refractivity (Wildman–Crippen MR) is 44.5 cm³/mol. The number of hydrogen-bond acceptors (Lipinski definition) is 3. The molecule has 0 atom stereocenters. The zero-order chi connectivity index (χ0) is 9.19. The Morgan fingerprint density at radius 2 is 1.75 bits per heavy atom. The first-order chi connectivity index (χ1) is 5.47. The van der Waals surface area contributed by atoms with Crippen LogP contribution in [0.2, 0.25) is 0 Å². The summed E-state index contributed by atoms with van der Waals surface area (Å²) in [5.74, 6) is 0. The number of anilines is 1. The summed E-state index contributed by atoms with van der Waals surface area (Å²) in [7, 11) is -4.39. The average molecular weight is 186 g/mol. The van der Waals surface area contributed by atoms with Crippen molar-refractivity contribution < 1.29 is 13.0 Å². The van der Waals surface area contributed by atoms with Crippen LogP contribution in [-0.4, -0.2) is 13.0 Å². The Hall–Kier alpha value is -1.07. The molecule has 0 fully saturated rings. The van der Waals surface area contributed by atoms with E-state index in [-0.39, 0.29) is 5.69 Å². The zero-order valence-electron chi connectivity index (χ0n) is 6.44. The second kappa shape index (κ2) is 3.12. The molecule has 5 heteroatoms. The molecule has 0 saturated heterocycles. The average Bonchev–Trinajstić information content (AvgIpc) is 1.91. The third kappa shape index (κ3) is 2.89. The normalized spacial score (nSPS) is 11.2. The summed E-state index contributed by atoms with van der Waals surface area (Å²) in [4.78, 5) is 0. The fourth-order valence-electron chi connectivity index (χ4n) is 0.766. The van der Waals surface area contributed by atoms with Gasteiger partial charge in [-0.05, 0) is 19.1 Å². The first-order valence-corrected chi connectivity index (χ1v) is 4.68. The highest BCUT2D eigenvalue weighted by atomic mass is 32.2. The maximum Gasteiger partial charge on any atom is 0.181 e. The molecule has 0 saturated carbocycles. The van der Waals surface area contributed by atoms with Gasteiger partial charge in [-0.1, -0.05) is 17.7 Å². The highest BCUT2D eigenvalue weighted by Gasteiger charge is 1.94. The lowest BCUT2D eigenvalue weighted by Crippen LogP contribution is -2.10. The Morgan fingerprint density at radius 3 is 2.17 bits per heavy atom. The monoisotopic (exact) mass is 186 g/mol. The number of aryl methyl sites for hydroxylation is 1. The van der Waals surface area contributed by atoms with Gasteiger partial charge in [-0.2, -0.15) is 0 Å². The predicted octanol–water partition coefficient (Wildman–Crippen LogP) is 0.867. The van der Waals surface area contributed by atoms with Crippen LogP contribution in [0.4, 0.5) is 5.69 Å². The molecule has 0 heterocycles. The maximum atomic E-state index is 10.2. The van der Waals surface area contributed by atoms with Crippen molar-refractivity contribution in [2.24, 2.45) is 0 Å². The summed E-state index contributed by atoms with van der Waals surface area (Å²) >= 11 is 0. The van der Waals surface area contributed by atoms with Gasteiger partial charge in [-0.15, -0.1) is 0 Å². The lowest BCUT2D eigenvalue weighted by Gasteiger charge is -2.09. The molecule has 12 heavy (non-hydrogen) atoms. The minimum absolute atomic E-state index is 0.288. The third-order valence-electron chi connectivity index (χ3n) is 1.29. The molecular weight excluding hydrogens is 178 g/mol. The third-order valence-corrected chi connectivity index (χ3v) is 1.78. The van der Waals surface area contributed by atoms with Crippen molar-refractivity contribution in [3.8, 4) is 0 Å². The van der Waals surface area contributed by atoms with Gasteiger partial charge in [0.05, 0.1) is 0 Å². The van der Waals surface area contributed by atoms with E-state index < -0.39 is 10.3 Å². The summed E-state index contributed by atoms with van der Waals surface area (Å²) in [5, 5.41) is 0. The van der Waals surface area contributed by atoms with Gasteiger partial charge in [0.15, 0.2) is 10.3 Å². The molecule has 4 nitrogen and oxygen atoms in total. The fourth-order valence-corrected chi connectivity index (χ4v) is 1.19. The van der Waals surface area contributed by atoms with Crippen LogP contribution in [0.1, 0.15) is 5.56 Å². The van der Waals surface area contributed by atoms with E-state index in [1.54, 1.807) is 12.1 Å². The van der Waals surface area contributed by atoms with Crippen LogP contribution in [0.15, 0.2) is 24.3 Å². The molecule has 0 aliphatic carbocycles. The Bertz CT molecular complexity index is 355. The van der Waals surface area contributed by atoms with Gasteiger partial charge in [0.2, 0.25) is 0 Å². The molecule has 0 unspecified atom stereocenters.